The summed E-state index contributed by atoms with van der Waals surface area (Å²) in [5.41, 5.74) is 0. The molecule has 0 aromatic heterocycles. The molecular formula is C13H24N2O2. The molecular weight excluding hydrogens is 216 g/mol. The molecule has 0 atom stereocenters. The van der Waals surface area contributed by atoms with E-state index in [1.165, 1.54) is 32.0 Å². The van der Waals surface area contributed by atoms with Gasteiger partial charge in [0.15, 0.2) is 0 Å². The standard InChI is InChI=1S/C13H24N2O2/c1-3-17-13(16)7-6-8-14(2)11-12-15-9-4-5-10-15/h6-7H,3-5,8-12H2,1-2H3/b7-6+. The summed E-state index contributed by atoms with van der Waals surface area (Å²) in [6.45, 7) is 7.71. The molecule has 0 aromatic rings. The van der Waals surface area contributed by atoms with Crippen LogP contribution in [0.2, 0.25) is 0 Å². The first kappa shape index (κ1) is 14.2. The molecule has 0 N–H and O–H groups in total. The Morgan fingerprint density at radius 1 is 1.41 bits per heavy atom. The molecule has 1 saturated heterocycles. The number of carbonyl (C=O) groups is 1. The molecule has 0 saturated carbocycles. The summed E-state index contributed by atoms with van der Waals surface area (Å²) in [4.78, 5) is 15.8. The van der Waals surface area contributed by atoms with Crippen LogP contribution in [0.3, 0.4) is 0 Å². The molecule has 4 nitrogen and oxygen atoms in total. The highest BCUT2D eigenvalue weighted by Gasteiger charge is 2.11. The smallest absolute Gasteiger partial charge is 0.330 e. The quantitative estimate of drug-likeness (QED) is 0.493. The van der Waals surface area contributed by atoms with E-state index < -0.39 is 0 Å². The maximum atomic E-state index is 11.1. The maximum Gasteiger partial charge on any atom is 0.330 e. The van der Waals surface area contributed by atoms with Crippen molar-refractivity contribution in [2.45, 2.75) is 19.8 Å². The van der Waals surface area contributed by atoms with Gasteiger partial charge in [0.25, 0.3) is 0 Å². The van der Waals surface area contributed by atoms with Crippen molar-refractivity contribution in [3.05, 3.63) is 12.2 Å². The lowest BCUT2D eigenvalue weighted by atomic mass is 10.4. The summed E-state index contributed by atoms with van der Waals surface area (Å²) in [5, 5.41) is 0. The van der Waals surface area contributed by atoms with Crippen LogP contribution >= 0.6 is 0 Å². The van der Waals surface area contributed by atoms with Crippen molar-refractivity contribution in [2.24, 2.45) is 0 Å². The van der Waals surface area contributed by atoms with Crippen LogP contribution < -0.4 is 0 Å². The van der Waals surface area contributed by atoms with E-state index in [4.69, 9.17) is 4.74 Å². The van der Waals surface area contributed by atoms with Gasteiger partial charge in [-0.05, 0) is 39.9 Å². The Labute approximate surface area is 104 Å². The third-order valence-electron chi connectivity index (χ3n) is 2.95. The van der Waals surface area contributed by atoms with E-state index in [1.807, 2.05) is 13.0 Å². The van der Waals surface area contributed by atoms with Gasteiger partial charge < -0.3 is 14.5 Å². The zero-order valence-corrected chi connectivity index (χ0v) is 11.0. The zero-order chi connectivity index (χ0) is 12.5. The Morgan fingerprint density at radius 3 is 2.76 bits per heavy atom. The van der Waals surface area contributed by atoms with Gasteiger partial charge in [0.2, 0.25) is 0 Å². The Hall–Kier alpha value is -0.870. The molecule has 0 bridgehead atoms. The van der Waals surface area contributed by atoms with E-state index in [2.05, 4.69) is 16.8 Å². The van der Waals surface area contributed by atoms with Crippen LogP contribution in [0.15, 0.2) is 12.2 Å². The van der Waals surface area contributed by atoms with Crippen molar-refractivity contribution >= 4 is 5.97 Å². The first-order valence-electron chi connectivity index (χ1n) is 6.46. The number of hydrogen-bond acceptors (Lipinski definition) is 4. The van der Waals surface area contributed by atoms with E-state index in [1.54, 1.807) is 0 Å². The van der Waals surface area contributed by atoms with Gasteiger partial charge in [0.05, 0.1) is 6.61 Å². The number of likely N-dealkylation sites (tertiary alicyclic amines) is 1. The summed E-state index contributed by atoms with van der Waals surface area (Å²) in [7, 11) is 2.07. The van der Waals surface area contributed by atoms with Crippen LogP contribution in [0.5, 0.6) is 0 Å². The van der Waals surface area contributed by atoms with Gasteiger partial charge in [0.1, 0.15) is 0 Å². The lowest BCUT2D eigenvalue weighted by molar-refractivity contribution is -0.137. The highest BCUT2D eigenvalue weighted by atomic mass is 16.5. The molecule has 0 unspecified atom stereocenters. The topological polar surface area (TPSA) is 32.8 Å². The van der Waals surface area contributed by atoms with Crippen molar-refractivity contribution in [1.29, 1.82) is 0 Å². The van der Waals surface area contributed by atoms with Crippen molar-refractivity contribution in [3.8, 4) is 0 Å². The van der Waals surface area contributed by atoms with Gasteiger partial charge in [-0.15, -0.1) is 0 Å². The number of ether oxygens (including phenoxy) is 1. The van der Waals surface area contributed by atoms with Gasteiger partial charge in [-0.1, -0.05) is 6.08 Å². The van der Waals surface area contributed by atoms with E-state index >= 15 is 0 Å². The predicted molar refractivity (Wildman–Crippen MR) is 68.9 cm³/mol. The minimum Gasteiger partial charge on any atom is -0.463 e. The van der Waals surface area contributed by atoms with E-state index in [-0.39, 0.29) is 5.97 Å². The van der Waals surface area contributed by atoms with E-state index in [0.29, 0.717) is 6.61 Å². The molecule has 0 amide bonds. The largest absolute Gasteiger partial charge is 0.463 e. The molecule has 1 rings (SSSR count). The molecule has 1 aliphatic heterocycles. The van der Waals surface area contributed by atoms with Crippen LogP contribution in [0.4, 0.5) is 0 Å². The van der Waals surface area contributed by atoms with Gasteiger partial charge in [-0.25, -0.2) is 4.79 Å². The monoisotopic (exact) mass is 240 g/mol. The fourth-order valence-electron chi connectivity index (χ4n) is 1.93. The molecule has 98 valence electrons. The predicted octanol–water partition coefficient (Wildman–Crippen LogP) is 1.13. The zero-order valence-electron chi connectivity index (χ0n) is 11.0. The number of carbonyl (C=O) groups excluding carboxylic acids is 1. The van der Waals surface area contributed by atoms with Gasteiger partial charge in [-0.3, -0.25) is 0 Å². The first-order valence-corrected chi connectivity index (χ1v) is 6.46. The van der Waals surface area contributed by atoms with Crippen LogP contribution in [0, 0.1) is 0 Å². The van der Waals surface area contributed by atoms with Crippen molar-refractivity contribution in [1.82, 2.24) is 9.80 Å². The minimum absolute atomic E-state index is 0.250. The number of nitrogens with zero attached hydrogens (tertiary/aromatic N) is 2. The van der Waals surface area contributed by atoms with Crippen LogP contribution in [-0.2, 0) is 9.53 Å². The second-order valence-electron chi connectivity index (χ2n) is 4.47. The molecule has 1 fully saturated rings. The van der Waals surface area contributed by atoms with Crippen LogP contribution in [-0.4, -0.2) is 62.1 Å². The van der Waals surface area contributed by atoms with E-state index in [9.17, 15) is 4.79 Å². The normalized spacial score (nSPS) is 17.1. The Bertz CT molecular complexity index is 248. The number of esters is 1. The molecule has 0 spiro atoms. The Kier molecular flexibility index (Phi) is 6.89. The SMILES string of the molecule is CCOC(=O)/C=C/CN(C)CCN1CCCC1. The highest BCUT2D eigenvalue weighted by Crippen LogP contribution is 2.06. The minimum atomic E-state index is -0.250. The maximum absolute atomic E-state index is 11.1. The molecule has 1 heterocycles. The molecule has 0 aliphatic carbocycles. The third kappa shape index (κ3) is 6.44. The summed E-state index contributed by atoms with van der Waals surface area (Å²) in [6, 6.07) is 0. The molecule has 17 heavy (non-hydrogen) atoms. The fraction of sp³-hybridized carbons (Fsp3) is 0.769. The van der Waals surface area contributed by atoms with Crippen molar-refractivity contribution in [2.75, 3.05) is 46.4 Å². The van der Waals surface area contributed by atoms with Crippen molar-refractivity contribution < 1.29 is 9.53 Å². The molecule has 4 heteroatoms. The second-order valence-corrected chi connectivity index (χ2v) is 4.47. The van der Waals surface area contributed by atoms with Gasteiger partial charge in [-0.2, -0.15) is 0 Å². The van der Waals surface area contributed by atoms with Gasteiger partial charge >= 0.3 is 5.97 Å². The number of rotatable bonds is 7. The van der Waals surface area contributed by atoms with Crippen molar-refractivity contribution in [3.63, 3.8) is 0 Å². The van der Waals surface area contributed by atoms with Gasteiger partial charge in [0, 0.05) is 25.7 Å². The first-order chi connectivity index (χ1) is 8.22. The average molecular weight is 240 g/mol. The summed E-state index contributed by atoms with van der Waals surface area (Å²) >= 11 is 0. The average Bonchev–Trinajstić information content (AvgIpc) is 2.79. The lowest BCUT2D eigenvalue weighted by Crippen LogP contribution is -2.31. The van der Waals surface area contributed by atoms with Crippen LogP contribution in [0.1, 0.15) is 19.8 Å². The summed E-state index contributed by atoms with van der Waals surface area (Å²) in [6.07, 6.45) is 6.05. The van der Waals surface area contributed by atoms with E-state index in [0.717, 1.165) is 19.6 Å². The summed E-state index contributed by atoms with van der Waals surface area (Å²) < 4.78 is 4.81. The fourth-order valence-corrected chi connectivity index (χ4v) is 1.93. The second kappa shape index (κ2) is 8.25. The Balaban J connectivity index is 2.07. The highest BCUT2D eigenvalue weighted by molar-refractivity contribution is 5.81. The molecule has 0 radical (unpaired) electrons. The number of likely N-dealkylation sites (N-methyl/N-ethyl adjacent to an activating group) is 1. The third-order valence-corrected chi connectivity index (χ3v) is 2.95. The lowest BCUT2D eigenvalue weighted by Gasteiger charge is -2.19. The summed E-state index contributed by atoms with van der Waals surface area (Å²) in [5.74, 6) is -0.250. The molecule has 1 aliphatic rings. The molecule has 0 aromatic carbocycles. The Morgan fingerprint density at radius 2 is 2.12 bits per heavy atom. The van der Waals surface area contributed by atoms with Crippen LogP contribution in [0.25, 0.3) is 0 Å². The number of hydrogen-bond donors (Lipinski definition) is 0.